The molecule has 0 aliphatic carbocycles. The largest absolute Gasteiger partial charge is 0.481 e. The highest BCUT2D eigenvalue weighted by atomic mass is 16.4. The predicted octanol–water partition coefficient (Wildman–Crippen LogP) is 2.62. The third kappa shape index (κ3) is 3.03. The van der Waals surface area contributed by atoms with E-state index in [1.165, 1.54) is 0 Å². The molecule has 0 saturated carbocycles. The van der Waals surface area contributed by atoms with Gasteiger partial charge in [-0.1, -0.05) is 65.9 Å². The van der Waals surface area contributed by atoms with Gasteiger partial charge in [-0.3, -0.25) is 4.79 Å². The average Bonchev–Trinajstić information content (AvgIpc) is 2.91. The standard InChI is InChI=1S/C17H15N3O2/c21-16(22)11-15-17(14-9-5-2-6-10-14)18-19-20(15)12-13-7-3-1-4-8-13/h1-10H,11-12H2,(H,21,22). The number of aromatic nitrogens is 3. The summed E-state index contributed by atoms with van der Waals surface area (Å²) in [7, 11) is 0. The van der Waals surface area contributed by atoms with E-state index >= 15 is 0 Å². The summed E-state index contributed by atoms with van der Waals surface area (Å²) in [4.78, 5) is 11.2. The van der Waals surface area contributed by atoms with Crippen LogP contribution in [0.25, 0.3) is 11.3 Å². The first kappa shape index (κ1) is 14.0. The highest BCUT2D eigenvalue weighted by molar-refractivity contribution is 5.73. The maximum absolute atomic E-state index is 11.2. The molecule has 110 valence electrons. The van der Waals surface area contributed by atoms with E-state index in [0.717, 1.165) is 11.1 Å². The van der Waals surface area contributed by atoms with Gasteiger partial charge in [0.25, 0.3) is 0 Å². The summed E-state index contributed by atoms with van der Waals surface area (Å²) in [6.45, 7) is 0.503. The number of aliphatic carboxylic acids is 1. The first-order valence-corrected chi connectivity index (χ1v) is 6.97. The van der Waals surface area contributed by atoms with Crippen LogP contribution in [-0.4, -0.2) is 26.1 Å². The molecule has 5 heteroatoms. The lowest BCUT2D eigenvalue weighted by atomic mass is 10.1. The van der Waals surface area contributed by atoms with Gasteiger partial charge in [-0.2, -0.15) is 0 Å². The van der Waals surface area contributed by atoms with E-state index in [-0.39, 0.29) is 6.42 Å². The number of carbonyl (C=O) groups is 1. The monoisotopic (exact) mass is 293 g/mol. The van der Waals surface area contributed by atoms with Gasteiger partial charge in [0.15, 0.2) is 0 Å². The number of hydrogen-bond donors (Lipinski definition) is 1. The predicted molar refractivity (Wildman–Crippen MR) is 82.3 cm³/mol. The highest BCUT2D eigenvalue weighted by Gasteiger charge is 2.17. The van der Waals surface area contributed by atoms with Crippen LogP contribution in [0.5, 0.6) is 0 Å². The highest BCUT2D eigenvalue weighted by Crippen LogP contribution is 2.22. The normalized spacial score (nSPS) is 10.5. The van der Waals surface area contributed by atoms with E-state index < -0.39 is 5.97 Å². The second-order valence-corrected chi connectivity index (χ2v) is 4.96. The lowest BCUT2D eigenvalue weighted by Crippen LogP contribution is -2.11. The Morgan fingerprint density at radius 1 is 1.00 bits per heavy atom. The second kappa shape index (κ2) is 6.22. The molecule has 0 unspecified atom stereocenters. The average molecular weight is 293 g/mol. The number of hydrogen-bond acceptors (Lipinski definition) is 3. The molecule has 2 aromatic carbocycles. The van der Waals surface area contributed by atoms with Crippen molar-refractivity contribution in [2.24, 2.45) is 0 Å². The lowest BCUT2D eigenvalue weighted by Gasteiger charge is -2.06. The lowest BCUT2D eigenvalue weighted by molar-refractivity contribution is -0.136. The van der Waals surface area contributed by atoms with Gasteiger partial charge in [0.05, 0.1) is 18.7 Å². The first-order valence-electron chi connectivity index (χ1n) is 6.97. The fraction of sp³-hybridized carbons (Fsp3) is 0.118. The zero-order chi connectivity index (χ0) is 15.4. The Kier molecular flexibility index (Phi) is 3.96. The Balaban J connectivity index is 2.00. The third-order valence-corrected chi connectivity index (χ3v) is 3.38. The van der Waals surface area contributed by atoms with Crippen molar-refractivity contribution in [2.75, 3.05) is 0 Å². The molecule has 1 N–H and O–H groups in total. The van der Waals surface area contributed by atoms with Gasteiger partial charge in [0, 0.05) is 5.56 Å². The molecule has 0 aliphatic heterocycles. The second-order valence-electron chi connectivity index (χ2n) is 4.96. The molecule has 0 fully saturated rings. The molecule has 0 aliphatic rings. The van der Waals surface area contributed by atoms with Gasteiger partial charge in [-0.15, -0.1) is 5.10 Å². The van der Waals surface area contributed by atoms with Gasteiger partial charge in [-0.25, -0.2) is 4.68 Å². The van der Waals surface area contributed by atoms with Gasteiger partial charge in [0.1, 0.15) is 5.69 Å². The van der Waals surface area contributed by atoms with E-state index in [2.05, 4.69) is 10.3 Å². The summed E-state index contributed by atoms with van der Waals surface area (Å²) in [5, 5.41) is 17.5. The van der Waals surface area contributed by atoms with Crippen LogP contribution in [0.2, 0.25) is 0 Å². The number of nitrogens with zero attached hydrogens (tertiary/aromatic N) is 3. The summed E-state index contributed by atoms with van der Waals surface area (Å²) in [5.74, 6) is -0.895. The van der Waals surface area contributed by atoms with Crippen LogP contribution >= 0.6 is 0 Å². The molecule has 0 saturated heterocycles. The molecule has 0 amide bonds. The minimum atomic E-state index is -0.895. The number of carboxylic acid groups (broad SMARTS) is 1. The topological polar surface area (TPSA) is 68.0 Å². The minimum absolute atomic E-state index is 0.107. The zero-order valence-corrected chi connectivity index (χ0v) is 11.9. The van der Waals surface area contributed by atoms with Crippen LogP contribution in [0.1, 0.15) is 11.3 Å². The molecule has 0 atom stereocenters. The molecule has 0 bridgehead atoms. The third-order valence-electron chi connectivity index (χ3n) is 3.38. The zero-order valence-electron chi connectivity index (χ0n) is 11.9. The molecular formula is C17H15N3O2. The van der Waals surface area contributed by atoms with Crippen molar-refractivity contribution in [3.63, 3.8) is 0 Å². The van der Waals surface area contributed by atoms with Crippen molar-refractivity contribution >= 4 is 5.97 Å². The van der Waals surface area contributed by atoms with Crippen LogP contribution in [0.3, 0.4) is 0 Å². The molecule has 3 rings (SSSR count). The molecule has 1 heterocycles. The number of rotatable bonds is 5. The van der Waals surface area contributed by atoms with Crippen LogP contribution in [0.4, 0.5) is 0 Å². The Labute approximate surface area is 127 Å². The molecule has 3 aromatic rings. The van der Waals surface area contributed by atoms with Gasteiger partial charge in [0.2, 0.25) is 0 Å². The van der Waals surface area contributed by atoms with Crippen LogP contribution in [-0.2, 0) is 17.8 Å². The van der Waals surface area contributed by atoms with E-state index in [4.69, 9.17) is 0 Å². The van der Waals surface area contributed by atoms with Crippen LogP contribution in [0.15, 0.2) is 60.7 Å². The Bertz CT molecular complexity index is 767. The molecular weight excluding hydrogens is 278 g/mol. The Morgan fingerprint density at radius 3 is 2.27 bits per heavy atom. The van der Waals surface area contributed by atoms with E-state index in [0.29, 0.717) is 17.9 Å². The smallest absolute Gasteiger partial charge is 0.309 e. The maximum atomic E-state index is 11.2. The SMILES string of the molecule is O=C(O)Cc1c(-c2ccccc2)nnn1Cc1ccccc1. The van der Waals surface area contributed by atoms with Gasteiger partial charge < -0.3 is 5.11 Å². The number of carboxylic acids is 1. The molecule has 1 aromatic heterocycles. The molecule has 22 heavy (non-hydrogen) atoms. The van der Waals surface area contributed by atoms with Crippen molar-refractivity contribution in [2.45, 2.75) is 13.0 Å². The summed E-state index contributed by atoms with van der Waals surface area (Å²) in [6, 6.07) is 19.3. The van der Waals surface area contributed by atoms with Crippen LogP contribution in [0, 0.1) is 0 Å². The fourth-order valence-electron chi connectivity index (χ4n) is 2.35. The molecule has 5 nitrogen and oxygen atoms in total. The molecule has 0 radical (unpaired) electrons. The maximum Gasteiger partial charge on any atom is 0.309 e. The summed E-state index contributed by atoms with van der Waals surface area (Å²) < 4.78 is 1.66. The van der Waals surface area contributed by atoms with E-state index in [1.54, 1.807) is 4.68 Å². The summed E-state index contributed by atoms with van der Waals surface area (Å²) in [6.07, 6.45) is -0.107. The summed E-state index contributed by atoms with van der Waals surface area (Å²) in [5.41, 5.74) is 3.16. The fourth-order valence-corrected chi connectivity index (χ4v) is 2.35. The van der Waals surface area contributed by atoms with Crippen molar-refractivity contribution in [3.8, 4) is 11.3 Å². The summed E-state index contributed by atoms with van der Waals surface area (Å²) >= 11 is 0. The number of benzene rings is 2. The Morgan fingerprint density at radius 2 is 1.64 bits per heavy atom. The van der Waals surface area contributed by atoms with Crippen LogP contribution < -0.4 is 0 Å². The van der Waals surface area contributed by atoms with Crippen molar-refractivity contribution in [1.29, 1.82) is 0 Å². The molecule has 0 spiro atoms. The van der Waals surface area contributed by atoms with Gasteiger partial charge in [-0.05, 0) is 5.56 Å². The Hall–Kier alpha value is -2.95. The van der Waals surface area contributed by atoms with Crippen molar-refractivity contribution < 1.29 is 9.90 Å². The first-order chi connectivity index (χ1) is 10.7. The van der Waals surface area contributed by atoms with Crippen molar-refractivity contribution in [3.05, 3.63) is 71.9 Å². The van der Waals surface area contributed by atoms with Crippen molar-refractivity contribution in [1.82, 2.24) is 15.0 Å². The van der Waals surface area contributed by atoms with Gasteiger partial charge >= 0.3 is 5.97 Å². The quantitative estimate of drug-likeness (QED) is 0.785. The van der Waals surface area contributed by atoms with E-state index in [1.807, 2.05) is 60.7 Å². The minimum Gasteiger partial charge on any atom is -0.481 e. The van der Waals surface area contributed by atoms with E-state index in [9.17, 15) is 9.90 Å².